The van der Waals surface area contributed by atoms with Crippen LogP contribution >= 0.6 is 22.6 Å². The molecule has 0 aliphatic carbocycles. The van der Waals surface area contributed by atoms with Crippen molar-refractivity contribution in [1.29, 1.82) is 0 Å². The van der Waals surface area contributed by atoms with Gasteiger partial charge in [-0.05, 0) is 97.1 Å². The van der Waals surface area contributed by atoms with Gasteiger partial charge in [-0.3, -0.25) is 0 Å². The van der Waals surface area contributed by atoms with Gasteiger partial charge in [-0.2, -0.15) is 105 Å². The monoisotopic (exact) mass is 1270 g/mol. The molecule has 0 aliphatic heterocycles. The molecule has 0 amide bonds. The van der Waals surface area contributed by atoms with Crippen LogP contribution in [0.3, 0.4) is 0 Å². The topological polar surface area (TPSA) is 153 Å². The molecule has 10 nitrogen and oxygen atoms in total. The second-order valence-electron chi connectivity index (χ2n) is 13.7. The number of ether oxygens (including phenoxy) is 1. The highest BCUT2D eigenvalue weighted by Crippen LogP contribution is 2.49. The van der Waals surface area contributed by atoms with Gasteiger partial charge in [0.1, 0.15) is 21.3 Å². The van der Waals surface area contributed by atoms with Gasteiger partial charge in [-0.15, -0.1) is 0 Å². The summed E-state index contributed by atoms with van der Waals surface area (Å²) < 4.78 is 344. The van der Waals surface area contributed by atoms with E-state index in [-0.39, 0.29) is 36.4 Å². The molecule has 0 fully saturated rings. The van der Waals surface area contributed by atoms with Crippen molar-refractivity contribution in [3.8, 4) is 11.5 Å². The number of alkyl halides is 21. The van der Waals surface area contributed by atoms with Crippen LogP contribution in [0.4, 0.5) is 87.8 Å². The Morgan fingerprint density at radius 1 is 0.411 bits per heavy atom. The summed E-state index contributed by atoms with van der Waals surface area (Å²) >= 11 is -0.406. The molecule has 0 saturated carbocycles. The molecule has 35 heteroatoms. The van der Waals surface area contributed by atoms with Crippen LogP contribution in [0.25, 0.3) is 0 Å². The first-order valence-corrected chi connectivity index (χ1v) is 24.6. The highest BCUT2D eigenvalue weighted by atomic mass is 127. The SMILES string of the molecule is O=S(=O)(Oc1ccc([S+](c2ccccc2)c2ccc(OS(=O)(=O)c3cc(C(F)(F)F)cc(C(F)(F)F)c3)cc2)cc1)c1cc(C(F)(F)F)cc(C(F)(F)F)c1.O=S(=O)([O-])C(F)(F)C(F)(F)OC(F)(F)C(F)(F)I. The van der Waals surface area contributed by atoms with Gasteiger partial charge < -0.3 is 12.9 Å². The molecule has 0 spiro atoms. The van der Waals surface area contributed by atoms with Crippen LogP contribution < -0.4 is 8.37 Å². The summed E-state index contributed by atoms with van der Waals surface area (Å²) in [6.07, 6.45) is -34.1. The van der Waals surface area contributed by atoms with Crippen LogP contribution in [0, 0.1) is 0 Å². The molecule has 73 heavy (non-hydrogen) atoms. The summed E-state index contributed by atoms with van der Waals surface area (Å²) in [5.41, 5.74) is -7.53. The zero-order valence-electron chi connectivity index (χ0n) is 34.1. The van der Waals surface area contributed by atoms with Crippen molar-refractivity contribution in [3.05, 3.63) is 138 Å². The van der Waals surface area contributed by atoms with Crippen LogP contribution in [0.5, 0.6) is 11.5 Å². The number of hydrogen-bond donors (Lipinski definition) is 0. The molecule has 0 unspecified atom stereocenters. The molecule has 0 radical (unpaired) electrons. The van der Waals surface area contributed by atoms with Gasteiger partial charge in [0.25, 0.3) is 0 Å². The van der Waals surface area contributed by atoms with Crippen molar-refractivity contribution in [2.75, 3.05) is 0 Å². The molecule has 402 valence electrons. The van der Waals surface area contributed by atoms with Gasteiger partial charge in [0.05, 0.1) is 33.1 Å². The van der Waals surface area contributed by atoms with Crippen molar-refractivity contribution in [2.45, 2.75) is 70.6 Å². The summed E-state index contributed by atoms with van der Waals surface area (Å²) in [7, 11) is -18.7. The third-order valence-electron chi connectivity index (χ3n) is 8.45. The van der Waals surface area contributed by atoms with E-state index >= 15 is 0 Å². The molecule has 0 aliphatic rings. The minimum atomic E-state index is -7.12. The van der Waals surface area contributed by atoms with E-state index in [9.17, 15) is 118 Å². The first kappa shape index (κ1) is 60.7. The van der Waals surface area contributed by atoms with E-state index in [1.807, 2.05) is 4.74 Å². The molecule has 0 atom stereocenters. The Bertz CT molecular complexity index is 2890. The molecular weight excluding hydrogens is 1250 g/mol. The van der Waals surface area contributed by atoms with Crippen molar-refractivity contribution in [2.24, 2.45) is 0 Å². The van der Waals surface area contributed by atoms with E-state index in [2.05, 4.69) is 0 Å². The van der Waals surface area contributed by atoms with Crippen LogP contribution in [0.15, 0.2) is 140 Å². The second-order valence-corrected chi connectivity index (χ2v) is 21.6. The second kappa shape index (κ2) is 20.7. The Kier molecular flexibility index (Phi) is 17.2. The molecule has 0 saturated heterocycles. The molecule has 0 N–H and O–H groups in total. The lowest BCUT2D eigenvalue weighted by molar-refractivity contribution is -0.438. The zero-order chi connectivity index (χ0) is 56.0. The summed E-state index contributed by atoms with van der Waals surface area (Å²) in [5, 5.41) is -6.65. The smallest absolute Gasteiger partial charge is 0.438 e. The molecular formula is C38H19F20IO10S4. The zero-order valence-corrected chi connectivity index (χ0v) is 39.5. The lowest BCUT2D eigenvalue weighted by Crippen LogP contribution is -2.54. The molecule has 0 heterocycles. The highest BCUT2D eigenvalue weighted by molar-refractivity contribution is 14.1. The first-order valence-electron chi connectivity index (χ1n) is 18.0. The maximum atomic E-state index is 13.3. The van der Waals surface area contributed by atoms with Crippen molar-refractivity contribution < 1.29 is 131 Å². The maximum absolute atomic E-state index is 13.3. The number of hydrogen-bond acceptors (Lipinski definition) is 10. The number of rotatable bonds is 14. The fourth-order valence-corrected chi connectivity index (χ4v) is 9.65. The predicted molar refractivity (Wildman–Crippen MR) is 215 cm³/mol. The Morgan fingerprint density at radius 3 is 0.959 bits per heavy atom. The van der Waals surface area contributed by atoms with Crippen molar-refractivity contribution in [1.82, 2.24) is 0 Å². The average molecular weight is 1270 g/mol. The van der Waals surface area contributed by atoms with Crippen LogP contribution in [-0.2, 0) is 70.7 Å². The molecule has 5 aromatic carbocycles. The molecule has 5 aromatic rings. The Balaban J connectivity index is 0.000000545. The minimum absolute atomic E-state index is 0.0101. The van der Waals surface area contributed by atoms with Crippen LogP contribution in [-0.4, -0.2) is 51.2 Å². The standard InChI is InChI=1S/C34H19F12O6S3.C4HF8IO4S/c35-31(36,37)20-14-21(32(38,39)40)17-29(16-20)54(47,48)51-24-6-10-27(11-7-24)53(26-4-2-1-3-5-26)28-12-8-25(9-13-28)52-55(49,50)30-18-22(33(41,42)43)15-23(19-30)34(44,45)46;5-1(6,13)2(7,8)17-3(9,10)4(11,12)18(14,15)16/h1-19H;(H,14,15,16)/q+1;/p-1. The van der Waals surface area contributed by atoms with Crippen molar-refractivity contribution >= 4 is 63.8 Å². The summed E-state index contributed by atoms with van der Waals surface area (Å²) in [5.74, 6) is -0.993. The third kappa shape index (κ3) is 14.9. The van der Waals surface area contributed by atoms with Gasteiger partial charge in [0, 0.05) is 22.6 Å². The maximum Gasteiger partial charge on any atom is 0.438 e. The molecule has 0 bridgehead atoms. The van der Waals surface area contributed by atoms with Gasteiger partial charge in [-0.25, -0.2) is 13.2 Å². The van der Waals surface area contributed by atoms with E-state index in [1.54, 1.807) is 30.3 Å². The quantitative estimate of drug-likeness (QED) is 0.0262. The number of halogens is 21. The fourth-order valence-electron chi connectivity index (χ4n) is 5.14. The first-order chi connectivity index (χ1) is 32.7. The minimum Gasteiger partial charge on any atom is -0.743 e. The normalized spacial score (nSPS) is 13.8. The predicted octanol–water partition coefficient (Wildman–Crippen LogP) is 12.7. The summed E-state index contributed by atoms with van der Waals surface area (Å²) in [6, 6.07) is 17.4. The van der Waals surface area contributed by atoms with Gasteiger partial charge in [-0.1, -0.05) is 18.2 Å². The lowest BCUT2D eigenvalue weighted by Gasteiger charge is -2.31. The molecule has 0 aromatic heterocycles. The van der Waals surface area contributed by atoms with E-state index in [1.165, 1.54) is 24.3 Å². The third-order valence-corrected chi connectivity index (χ3v) is 14.6. The number of benzene rings is 5. The van der Waals surface area contributed by atoms with E-state index in [0.29, 0.717) is 14.7 Å². The summed E-state index contributed by atoms with van der Waals surface area (Å²) in [6.45, 7) is 0. The Hall–Kier alpha value is -4.85. The molecule has 5 rings (SSSR count). The van der Waals surface area contributed by atoms with Crippen molar-refractivity contribution in [3.63, 3.8) is 0 Å². The van der Waals surface area contributed by atoms with Gasteiger partial charge in [0.15, 0.2) is 24.8 Å². The Morgan fingerprint density at radius 2 is 0.699 bits per heavy atom. The van der Waals surface area contributed by atoms with Crippen LogP contribution in [0.2, 0.25) is 0 Å². The van der Waals surface area contributed by atoms with E-state index < -0.39 is 153 Å². The Labute approximate surface area is 412 Å². The van der Waals surface area contributed by atoms with E-state index in [0.717, 1.165) is 24.3 Å². The lowest BCUT2D eigenvalue weighted by atomic mass is 10.1. The van der Waals surface area contributed by atoms with E-state index in [4.69, 9.17) is 8.37 Å². The summed E-state index contributed by atoms with van der Waals surface area (Å²) in [4.78, 5) is -1.39. The largest absolute Gasteiger partial charge is 0.743 e. The fraction of sp³-hybridized carbons (Fsp3) is 0.211. The highest BCUT2D eigenvalue weighted by Gasteiger charge is 2.71. The van der Waals surface area contributed by atoms with Gasteiger partial charge in [0.2, 0.25) is 0 Å². The van der Waals surface area contributed by atoms with Gasteiger partial charge >= 0.3 is 66.3 Å². The average Bonchev–Trinajstić information content (AvgIpc) is 3.22. The van der Waals surface area contributed by atoms with Crippen LogP contribution in [0.1, 0.15) is 22.3 Å².